The summed E-state index contributed by atoms with van der Waals surface area (Å²) in [7, 11) is 0. The van der Waals surface area contributed by atoms with Gasteiger partial charge in [0.2, 0.25) is 0 Å². The number of halogens is 2. The van der Waals surface area contributed by atoms with Gasteiger partial charge >= 0.3 is 0 Å². The molecule has 0 bridgehead atoms. The summed E-state index contributed by atoms with van der Waals surface area (Å²) in [6, 6.07) is 4.58. The fraction of sp³-hybridized carbons (Fsp3) is 0.417. The fourth-order valence-electron chi connectivity index (χ4n) is 1.53. The van der Waals surface area contributed by atoms with Crippen molar-refractivity contribution in [3.63, 3.8) is 0 Å². The van der Waals surface area contributed by atoms with Crippen LogP contribution in [0.4, 0.5) is 5.69 Å². The molecular weight excluding hydrogens is 291 g/mol. The minimum absolute atomic E-state index is 0.00598. The second-order valence-electron chi connectivity index (χ2n) is 4.51. The van der Waals surface area contributed by atoms with Crippen molar-refractivity contribution in [1.82, 2.24) is 5.32 Å². The largest absolute Gasteiger partial charge is 0.344 e. The number of hydrogen-bond donors (Lipinski definition) is 1. The van der Waals surface area contributed by atoms with Crippen LogP contribution < -0.4 is 5.32 Å². The van der Waals surface area contributed by atoms with Crippen molar-refractivity contribution in [3.05, 3.63) is 39.4 Å². The van der Waals surface area contributed by atoms with E-state index < -0.39 is 16.4 Å². The third-order valence-electron chi connectivity index (χ3n) is 2.67. The van der Waals surface area contributed by atoms with Gasteiger partial charge in [0.05, 0.1) is 10.5 Å². The maximum absolute atomic E-state index is 12.1. The number of nitrogens with zero attached hydrogens (tertiary/aromatic N) is 1. The Bertz CT molecular complexity index is 502. The van der Waals surface area contributed by atoms with Crippen LogP contribution in [0.1, 0.15) is 22.8 Å². The van der Waals surface area contributed by atoms with Crippen molar-refractivity contribution in [1.29, 1.82) is 0 Å². The molecule has 0 heterocycles. The smallest absolute Gasteiger partial charge is 0.285 e. The van der Waals surface area contributed by atoms with Crippen LogP contribution in [-0.2, 0) is 0 Å². The van der Waals surface area contributed by atoms with Gasteiger partial charge in [0, 0.05) is 17.3 Å². The van der Waals surface area contributed by atoms with E-state index in [1.54, 1.807) is 26.0 Å². The lowest BCUT2D eigenvalue weighted by molar-refractivity contribution is -0.385. The number of nitrogens with one attached hydrogen (secondary N) is 1. The maximum Gasteiger partial charge on any atom is 0.285 e. The Morgan fingerprint density at radius 3 is 2.47 bits per heavy atom. The zero-order valence-corrected chi connectivity index (χ0v) is 12.1. The van der Waals surface area contributed by atoms with Crippen molar-refractivity contribution in [2.24, 2.45) is 0 Å². The second-order valence-corrected chi connectivity index (χ2v) is 5.04. The molecule has 19 heavy (non-hydrogen) atoms. The number of carbonyl (C=O) groups excluding carboxylic acids is 1. The van der Waals surface area contributed by atoms with Crippen molar-refractivity contribution < 1.29 is 9.72 Å². The average molecular weight is 305 g/mol. The van der Waals surface area contributed by atoms with E-state index in [0.29, 0.717) is 5.56 Å². The maximum atomic E-state index is 12.1. The predicted octanol–water partition coefficient (Wildman–Crippen LogP) is 2.87. The molecule has 0 saturated carbocycles. The molecule has 0 saturated heterocycles. The van der Waals surface area contributed by atoms with Gasteiger partial charge in [0.15, 0.2) is 0 Å². The molecule has 0 aromatic heterocycles. The van der Waals surface area contributed by atoms with Gasteiger partial charge < -0.3 is 5.32 Å². The lowest BCUT2D eigenvalue weighted by atomic mass is 10.0. The number of rotatable bonds is 5. The molecule has 0 aliphatic carbocycles. The summed E-state index contributed by atoms with van der Waals surface area (Å²) >= 11 is 11.5. The monoisotopic (exact) mass is 304 g/mol. The minimum Gasteiger partial charge on any atom is -0.344 e. The molecule has 1 rings (SSSR count). The first-order valence-corrected chi connectivity index (χ1v) is 6.60. The first kappa shape index (κ1) is 15.7. The van der Waals surface area contributed by atoms with Crippen molar-refractivity contribution >= 4 is 34.8 Å². The van der Waals surface area contributed by atoms with Crippen molar-refractivity contribution in [2.45, 2.75) is 19.4 Å². The number of hydrogen-bond acceptors (Lipinski definition) is 3. The van der Waals surface area contributed by atoms with Crippen LogP contribution in [0.15, 0.2) is 18.2 Å². The highest BCUT2D eigenvalue weighted by Gasteiger charge is 2.29. The predicted molar refractivity (Wildman–Crippen MR) is 75.1 cm³/mol. The Balaban J connectivity index is 3.14. The number of carbonyl (C=O) groups is 1. The quantitative estimate of drug-likeness (QED) is 0.516. The standard InChI is InChI=1S/C12H14Cl2N2O3/c1-8-4-3-5-9(10(8)16(18)19)11(17)15-12(2,6-13)7-14/h3-5H,6-7H2,1-2H3,(H,15,17). The van der Waals surface area contributed by atoms with Crippen LogP contribution in [-0.4, -0.2) is 28.1 Å². The Morgan fingerprint density at radius 2 is 2.00 bits per heavy atom. The van der Waals surface area contributed by atoms with Crippen LogP contribution in [0.25, 0.3) is 0 Å². The Morgan fingerprint density at radius 1 is 1.42 bits per heavy atom. The summed E-state index contributed by atoms with van der Waals surface area (Å²) in [5, 5.41) is 13.6. The lowest BCUT2D eigenvalue weighted by Crippen LogP contribution is -2.49. The van der Waals surface area contributed by atoms with E-state index in [-0.39, 0.29) is 23.0 Å². The van der Waals surface area contributed by atoms with Crippen molar-refractivity contribution in [3.8, 4) is 0 Å². The molecule has 0 unspecified atom stereocenters. The molecular formula is C12H14Cl2N2O3. The average Bonchev–Trinajstić information content (AvgIpc) is 2.37. The van der Waals surface area contributed by atoms with Gasteiger partial charge in [0.1, 0.15) is 5.56 Å². The zero-order chi connectivity index (χ0) is 14.6. The van der Waals surface area contributed by atoms with Gasteiger partial charge in [-0.15, -0.1) is 23.2 Å². The number of aryl methyl sites for hydroxylation is 1. The van der Waals surface area contributed by atoms with Crippen LogP contribution in [0.3, 0.4) is 0 Å². The molecule has 1 N–H and O–H groups in total. The zero-order valence-electron chi connectivity index (χ0n) is 10.6. The molecule has 1 aromatic carbocycles. The molecule has 0 atom stereocenters. The van der Waals surface area contributed by atoms with E-state index in [1.807, 2.05) is 0 Å². The van der Waals surface area contributed by atoms with Gasteiger partial charge in [-0.3, -0.25) is 14.9 Å². The van der Waals surface area contributed by atoms with Crippen LogP contribution in [0, 0.1) is 17.0 Å². The molecule has 5 nitrogen and oxygen atoms in total. The summed E-state index contributed by atoms with van der Waals surface area (Å²) in [4.78, 5) is 22.6. The topological polar surface area (TPSA) is 72.2 Å². The number of nitro groups is 1. The third kappa shape index (κ3) is 3.58. The van der Waals surface area contributed by atoms with Gasteiger partial charge in [-0.25, -0.2) is 0 Å². The summed E-state index contributed by atoms with van der Waals surface area (Å²) in [5.41, 5.74) is -0.577. The molecule has 0 radical (unpaired) electrons. The highest BCUT2D eigenvalue weighted by atomic mass is 35.5. The molecule has 0 aliphatic heterocycles. The molecule has 104 valence electrons. The van der Waals surface area contributed by atoms with E-state index in [0.717, 1.165) is 0 Å². The Hall–Kier alpha value is -1.33. The number of amides is 1. The summed E-state index contributed by atoms with van der Waals surface area (Å²) in [6.45, 7) is 3.25. The first-order chi connectivity index (χ1) is 8.84. The van der Waals surface area contributed by atoms with E-state index in [9.17, 15) is 14.9 Å². The molecule has 0 spiro atoms. The van der Waals surface area contributed by atoms with E-state index in [2.05, 4.69) is 5.32 Å². The second kappa shape index (κ2) is 6.21. The van der Waals surface area contributed by atoms with Gasteiger partial charge in [0.25, 0.3) is 11.6 Å². The summed E-state index contributed by atoms with van der Waals surface area (Å²) < 4.78 is 0. The minimum atomic E-state index is -0.808. The molecule has 0 aliphatic rings. The van der Waals surface area contributed by atoms with Crippen LogP contribution in [0.5, 0.6) is 0 Å². The van der Waals surface area contributed by atoms with Gasteiger partial charge in [-0.2, -0.15) is 0 Å². The number of nitro benzene ring substituents is 1. The normalized spacial score (nSPS) is 11.2. The van der Waals surface area contributed by atoms with Crippen LogP contribution in [0.2, 0.25) is 0 Å². The van der Waals surface area contributed by atoms with Gasteiger partial charge in [-0.1, -0.05) is 12.1 Å². The Kier molecular flexibility index (Phi) is 5.14. The summed E-state index contributed by atoms with van der Waals surface area (Å²) in [5.74, 6) is -0.330. The highest BCUT2D eigenvalue weighted by molar-refractivity contribution is 6.22. The fourth-order valence-corrected chi connectivity index (χ4v) is 1.95. The highest BCUT2D eigenvalue weighted by Crippen LogP contribution is 2.23. The SMILES string of the molecule is Cc1cccc(C(=O)NC(C)(CCl)CCl)c1[N+](=O)[O-]. The number of benzene rings is 1. The summed E-state index contributed by atoms with van der Waals surface area (Å²) in [6.07, 6.45) is 0. The van der Waals surface area contributed by atoms with E-state index in [1.165, 1.54) is 6.07 Å². The Labute approximate surface area is 121 Å². The molecule has 1 aromatic rings. The van der Waals surface area contributed by atoms with E-state index >= 15 is 0 Å². The first-order valence-electron chi connectivity index (χ1n) is 5.53. The van der Waals surface area contributed by atoms with Crippen LogP contribution >= 0.6 is 23.2 Å². The van der Waals surface area contributed by atoms with E-state index in [4.69, 9.17) is 23.2 Å². The third-order valence-corrected chi connectivity index (χ3v) is 3.85. The molecule has 1 amide bonds. The number of para-hydroxylation sites is 1. The lowest BCUT2D eigenvalue weighted by Gasteiger charge is -2.25. The number of alkyl halides is 2. The van der Waals surface area contributed by atoms with Gasteiger partial charge in [-0.05, 0) is 19.9 Å². The molecule has 0 fully saturated rings. The molecule has 7 heteroatoms. The van der Waals surface area contributed by atoms with Crippen molar-refractivity contribution in [2.75, 3.05) is 11.8 Å².